The van der Waals surface area contributed by atoms with Crippen LogP contribution in [0.2, 0.25) is 5.15 Å². The normalized spacial score (nSPS) is 10.7. The number of aromatic nitrogens is 4. The van der Waals surface area contributed by atoms with Crippen LogP contribution in [0.5, 0.6) is 0 Å². The summed E-state index contributed by atoms with van der Waals surface area (Å²) in [6, 6.07) is 2.64. The van der Waals surface area contributed by atoms with E-state index in [-0.39, 0.29) is 16.4 Å². The van der Waals surface area contributed by atoms with Crippen molar-refractivity contribution in [2.45, 2.75) is 30.1 Å². The lowest BCUT2D eigenvalue weighted by molar-refractivity contribution is 0.0696. The smallest absolute Gasteiger partial charge is 0.343 e. The summed E-state index contributed by atoms with van der Waals surface area (Å²) in [6.07, 6.45) is 0.774. The third-order valence-corrected chi connectivity index (χ3v) is 3.49. The van der Waals surface area contributed by atoms with Crippen molar-refractivity contribution in [1.29, 1.82) is 0 Å². The van der Waals surface area contributed by atoms with Crippen molar-refractivity contribution in [3.63, 3.8) is 0 Å². The topological polar surface area (TPSA) is 101 Å². The number of aromatic carboxylic acids is 1. The predicted octanol–water partition coefficient (Wildman–Crippen LogP) is 1.88. The Morgan fingerprint density at radius 2 is 2.30 bits per heavy atom. The average molecular weight is 315 g/mol. The molecule has 9 heteroatoms. The molecular weight excluding hydrogens is 304 g/mol. The van der Waals surface area contributed by atoms with Crippen LogP contribution in [0.1, 0.15) is 23.7 Å². The minimum atomic E-state index is -1.09. The molecule has 0 spiro atoms. The number of nitrogens with zero attached hydrogens (tertiary/aromatic N) is 3. The number of hydrogen-bond acceptors (Lipinski definition) is 5. The van der Waals surface area contributed by atoms with Crippen molar-refractivity contribution in [1.82, 2.24) is 19.7 Å². The van der Waals surface area contributed by atoms with E-state index in [0.29, 0.717) is 16.7 Å². The van der Waals surface area contributed by atoms with Gasteiger partial charge in [0.2, 0.25) is 0 Å². The standard InChI is InChI=1S/C11H11ClN4O3S/c1-2-3-16-10(19)14-15-11(16)20-8-5-6(9(17)18)4-7(12)13-8/h4-5H,2-3H2,1H3,(H,14,19)(H,17,18). The Hall–Kier alpha value is -1.80. The van der Waals surface area contributed by atoms with Gasteiger partial charge in [-0.2, -0.15) is 0 Å². The largest absolute Gasteiger partial charge is 0.478 e. The molecule has 0 bridgehead atoms. The van der Waals surface area contributed by atoms with Crippen LogP contribution in [0, 0.1) is 0 Å². The highest BCUT2D eigenvalue weighted by Crippen LogP contribution is 2.26. The second kappa shape index (κ2) is 6.10. The first-order valence-electron chi connectivity index (χ1n) is 5.75. The van der Waals surface area contributed by atoms with Gasteiger partial charge in [-0.15, -0.1) is 5.10 Å². The molecule has 7 nitrogen and oxygen atoms in total. The Kier molecular flexibility index (Phi) is 4.46. The van der Waals surface area contributed by atoms with Crippen molar-refractivity contribution in [2.75, 3.05) is 0 Å². The summed E-state index contributed by atoms with van der Waals surface area (Å²) in [5.74, 6) is -1.09. The maximum atomic E-state index is 11.6. The Balaban J connectivity index is 2.35. The van der Waals surface area contributed by atoms with Gasteiger partial charge in [0.25, 0.3) is 0 Å². The van der Waals surface area contributed by atoms with E-state index in [1.165, 1.54) is 16.7 Å². The SMILES string of the molecule is CCCn1c(Sc2cc(C(=O)O)cc(Cl)n2)n[nH]c1=O. The lowest BCUT2D eigenvalue weighted by Gasteiger charge is -2.04. The lowest BCUT2D eigenvalue weighted by atomic mass is 10.3. The Morgan fingerprint density at radius 3 is 2.95 bits per heavy atom. The molecule has 0 unspecified atom stereocenters. The average Bonchev–Trinajstić information content (AvgIpc) is 2.71. The van der Waals surface area contributed by atoms with E-state index in [4.69, 9.17) is 16.7 Å². The number of nitrogens with one attached hydrogen (secondary N) is 1. The third-order valence-electron chi connectivity index (χ3n) is 2.38. The van der Waals surface area contributed by atoms with Crippen LogP contribution in [0.4, 0.5) is 0 Å². The van der Waals surface area contributed by atoms with E-state index in [9.17, 15) is 9.59 Å². The molecule has 0 atom stereocenters. The molecule has 0 radical (unpaired) electrons. The molecule has 0 saturated carbocycles. The van der Waals surface area contributed by atoms with E-state index in [2.05, 4.69) is 15.2 Å². The van der Waals surface area contributed by atoms with Crippen molar-refractivity contribution >= 4 is 29.3 Å². The van der Waals surface area contributed by atoms with Gasteiger partial charge in [-0.05, 0) is 30.3 Å². The predicted molar refractivity (Wildman–Crippen MR) is 73.5 cm³/mol. The van der Waals surface area contributed by atoms with Crippen molar-refractivity contribution < 1.29 is 9.90 Å². The van der Waals surface area contributed by atoms with E-state index in [0.717, 1.165) is 18.2 Å². The van der Waals surface area contributed by atoms with Gasteiger partial charge in [0, 0.05) is 6.54 Å². The quantitative estimate of drug-likeness (QED) is 0.817. The van der Waals surface area contributed by atoms with Crippen LogP contribution in [-0.2, 0) is 6.54 Å². The monoisotopic (exact) mass is 314 g/mol. The van der Waals surface area contributed by atoms with Gasteiger partial charge >= 0.3 is 11.7 Å². The highest BCUT2D eigenvalue weighted by atomic mass is 35.5. The summed E-state index contributed by atoms with van der Waals surface area (Å²) >= 11 is 6.86. The second-order valence-corrected chi connectivity index (χ2v) is 5.26. The first-order chi connectivity index (χ1) is 9.51. The van der Waals surface area contributed by atoms with Crippen LogP contribution in [0.3, 0.4) is 0 Å². The molecule has 0 amide bonds. The van der Waals surface area contributed by atoms with Gasteiger partial charge in [0.1, 0.15) is 10.2 Å². The Morgan fingerprint density at radius 1 is 1.55 bits per heavy atom. The van der Waals surface area contributed by atoms with Gasteiger partial charge in [-0.3, -0.25) is 4.57 Å². The minimum absolute atomic E-state index is 0.0347. The molecule has 2 heterocycles. The van der Waals surface area contributed by atoms with Gasteiger partial charge < -0.3 is 5.11 Å². The van der Waals surface area contributed by atoms with Gasteiger partial charge in [0.15, 0.2) is 5.16 Å². The van der Waals surface area contributed by atoms with Crippen LogP contribution >= 0.6 is 23.4 Å². The van der Waals surface area contributed by atoms with Crippen molar-refractivity contribution in [3.8, 4) is 0 Å². The minimum Gasteiger partial charge on any atom is -0.478 e. The fourth-order valence-corrected chi connectivity index (χ4v) is 2.70. The third kappa shape index (κ3) is 3.20. The van der Waals surface area contributed by atoms with Gasteiger partial charge in [-0.1, -0.05) is 18.5 Å². The van der Waals surface area contributed by atoms with E-state index in [1.807, 2.05) is 6.92 Å². The molecule has 2 aromatic heterocycles. The van der Waals surface area contributed by atoms with Gasteiger partial charge in [0.05, 0.1) is 5.56 Å². The molecule has 2 aromatic rings. The molecule has 0 aromatic carbocycles. The number of carboxylic acids is 1. The zero-order valence-corrected chi connectivity index (χ0v) is 12.0. The van der Waals surface area contributed by atoms with E-state index < -0.39 is 5.97 Å². The summed E-state index contributed by atoms with van der Waals surface area (Å²) in [7, 11) is 0. The van der Waals surface area contributed by atoms with Crippen molar-refractivity contribution in [2.24, 2.45) is 0 Å². The zero-order chi connectivity index (χ0) is 14.7. The molecule has 2 N–H and O–H groups in total. The molecule has 0 aliphatic carbocycles. The number of halogens is 1. The number of carbonyl (C=O) groups is 1. The van der Waals surface area contributed by atoms with Gasteiger partial charge in [-0.25, -0.2) is 19.7 Å². The maximum absolute atomic E-state index is 11.6. The highest BCUT2D eigenvalue weighted by molar-refractivity contribution is 7.99. The second-order valence-electron chi connectivity index (χ2n) is 3.89. The van der Waals surface area contributed by atoms with E-state index >= 15 is 0 Å². The molecule has 0 aliphatic heterocycles. The summed E-state index contributed by atoms with van der Waals surface area (Å²) < 4.78 is 1.47. The summed E-state index contributed by atoms with van der Waals surface area (Å²) in [6.45, 7) is 2.46. The first kappa shape index (κ1) is 14.6. The fraction of sp³-hybridized carbons (Fsp3) is 0.273. The van der Waals surface area contributed by atoms with Crippen LogP contribution in [0.15, 0.2) is 27.1 Å². The summed E-state index contributed by atoms with van der Waals surface area (Å²) in [5, 5.41) is 16.1. The fourth-order valence-electron chi connectivity index (χ4n) is 1.54. The first-order valence-corrected chi connectivity index (χ1v) is 6.94. The summed E-state index contributed by atoms with van der Waals surface area (Å²) in [4.78, 5) is 26.5. The lowest BCUT2D eigenvalue weighted by Crippen LogP contribution is -2.17. The molecule has 0 fully saturated rings. The molecule has 106 valence electrons. The Bertz CT molecular complexity index is 697. The Labute approximate surface area is 123 Å². The van der Waals surface area contributed by atoms with Crippen LogP contribution in [0.25, 0.3) is 0 Å². The summed E-state index contributed by atoms with van der Waals surface area (Å²) in [5.41, 5.74) is -0.276. The molecule has 20 heavy (non-hydrogen) atoms. The van der Waals surface area contributed by atoms with Crippen molar-refractivity contribution in [3.05, 3.63) is 33.3 Å². The van der Waals surface area contributed by atoms with E-state index in [1.54, 1.807) is 0 Å². The number of pyridine rings is 1. The molecular formula is C11H11ClN4O3S. The number of rotatable bonds is 5. The number of carboxylic acid groups (broad SMARTS) is 1. The molecule has 0 aliphatic rings. The number of hydrogen-bond donors (Lipinski definition) is 2. The number of H-pyrrole nitrogens is 1. The number of aromatic amines is 1. The highest BCUT2D eigenvalue weighted by Gasteiger charge is 2.13. The maximum Gasteiger partial charge on any atom is 0.343 e. The van der Waals surface area contributed by atoms with Crippen LogP contribution < -0.4 is 5.69 Å². The van der Waals surface area contributed by atoms with Crippen LogP contribution in [-0.4, -0.2) is 30.8 Å². The molecule has 0 saturated heterocycles. The zero-order valence-electron chi connectivity index (χ0n) is 10.5. The molecule has 2 rings (SSSR count).